The molecule has 2 rings (SSSR count). The molecule has 0 aliphatic carbocycles. The molecule has 0 bridgehead atoms. The maximum Gasteiger partial charge on any atom is 0.274 e. The van der Waals surface area contributed by atoms with Gasteiger partial charge in [0.05, 0.1) is 28.5 Å². The van der Waals surface area contributed by atoms with Crippen molar-refractivity contribution in [2.75, 3.05) is 0 Å². The van der Waals surface area contributed by atoms with Crippen LogP contribution < -0.4 is 0 Å². The number of nitrogens with zero attached hydrogens (tertiary/aromatic N) is 4. The Morgan fingerprint density at radius 2 is 2.22 bits per heavy atom. The Morgan fingerprint density at radius 1 is 1.50 bits per heavy atom. The van der Waals surface area contributed by atoms with Gasteiger partial charge < -0.3 is 5.11 Å². The lowest BCUT2D eigenvalue weighted by Crippen LogP contribution is -2.01. The Bertz CT molecular complexity index is 592. The minimum Gasteiger partial charge on any atom is -0.387 e. The average molecular weight is 248 g/mol. The van der Waals surface area contributed by atoms with Gasteiger partial charge in [-0.15, -0.1) is 5.10 Å². The summed E-state index contributed by atoms with van der Waals surface area (Å²) in [5, 5.41) is 27.9. The van der Waals surface area contributed by atoms with E-state index in [1.807, 2.05) is 0 Å². The summed E-state index contributed by atoms with van der Waals surface area (Å²) >= 11 is 0. The molecule has 2 aromatic rings. The lowest BCUT2D eigenvalue weighted by Gasteiger charge is -2.04. The Labute approximate surface area is 103 Å². The van der Waals surface area contributed by atoms with Crippen molar-refractivity contribution in [1.29, 1.82) is 0 Å². The molecule has 1 atom stereocenters. The van der Waals surface area contributed by atoms with Gasteiger partial charge in [0.2, 0.25) is 0 Å². The van der Waals surface area contributed by atoms with Crippen LogP contribution in [0, 0.1) is 17.0 Å². The van der Waals surface area contributed by atoms with Crippen molar-refractivity contribution < 1.29 is 10.0 Å². The van der Waals surface area contributed by atoms with Gasteiger partial charge in [-0.1, -0.05) is 11.3 Å². The average Bonchev–Trinajstić information content (AvgIpc) is 2.78. The number of hydrogen-bond donors (Lipinski definition) is 1. The van der Waals surface area contributed by atoms with Crippen molar-refractivity contribution in [2.24, 2.45) is 0 Å². The number of aliphatic hydroxyl groups excluding tert-OH is 1. The zero-order valence-corrected chi connectivity index (χ0v) is 9.94. The molecule has 1 heterocycles. The van der Waals surface area contributed by atoms with E-state index in [1.165, 1.54) is 10.7 Å². The van der Waals surface area contributed by atoms with Crippen LogP contribution in [0.2, 0.25) is 0 Å². The van der Waals surface area contributed by atoms with Crippen molar-refractivity contribution in [3.05, 3.63) is 45.8 Å². The quantitative estimate of drug-likeness (QED) is 0.656. The molecule has 0 fully saturated rings. The monoisotopic (exact) mass is 248 g/mol. The second-order valence-electron chi connectivity index (χ2n) is 3.94. The Morgan fingerprint density at radius 3 is 2.78 bits per heavy atom. The van der Waals surface area contributed by atoms with E-state index in [4.69, 9.17) is 0 Å². The number of rotatable bonds is 3. The normalized spacial score (nSPS) is 12.4. The highest BCUT2D eigenvalue weighted by Crippen LogP contribution is 2.24. The summed E-state index contributed by atoms with van der Waals surface area (Å²) in [6.07, 6.45) is 0.828. The highest BCUT2D eigenvalue weighted by molar-refractivity contribution is 5.52. The van der Waals surface area contributed by atoms with Gasteiger partial charge in [-0.25, -0.2) is 4.68 Å². The van der Waals surface area contributed by atoms with Crippen molar-refractivity contribution in [2.45, 2.75) is 20.0 Å². The number of nitro groups is 1. The van der Waals surface area contributed by atoms with Crippen LogP contribution in [0.25, 0.3) is 5.69 Å². The fourth-order valence-electron chi connectivity index (χ4n) is 1.64. The van der Waals surface area contributed by atoms with Gasteiger partial charge in [0, 0.05) is 6.07 Å². The molecule has 0 spiro atoms. The number of nitro benzene ring substituents is 1. The van der Waals surface area contributed by atoms with Gasteiger partial charge in [0.25, 0.3) is 5.69 Å². The smallest absolute Gasteiger partial charge is 0.274 e. The molecule has 7 nitrogen and oxygen atoms in total. The number of aliphatic hydroxyl groups is 1. The van der Waals surface area contributed by atoms with Crippen molar-refractivity contribution in [3.8, 4) is 5.69 Å². The van der Waals surface area contributed by atoms with Gasteiger partial charge in [-0.05, 0) is 19.9 Å². The molecule has 18 heavy (non-hydrogen) atoms. The van der Waals surface area contributed by atoms with E-state index in [-0.39, 0.29) is 5.69 Å². The predicted molar refractivity (Wildman–Crippen MR) is 63.4 cm³/mol. The Hall–Kier alpha value is -2.28. The van der Waals surface area contributed by atoms with Crippen LogP contribution in [0.5, 0.6) is 0 Å². The van der Waals surface area contributed by atoms with Crippen LogP contribution in [-0.2, 0) is 0 Å². The van der Waals surface area contributed by atoms with Gasteiger partial charge in [0.1, 0.15) is 5.69 Å². The molecule has 0 aliphatic heterocycles. The summed E-state index contributed by atoms with van der Waals surface area (Å²) < 4.78 is 1.42. The van der Waals surface area contributed by atoms with Crippen molar-refractivity contribution in [1.82, 2.24) is 15.0 Å². The minimum absolute atomic E-state index is 0.0293. The first-order valence-corrected chi connectivity index (χ1v) is 5.35. The zero-order chi connectivity index (χ0) is 13.3. The van der Waals surface area contributed by atoms with E-state index in [0.29, 0.717) is 16.9 Å². The van der Waals surface area contributed by atoms with E-state index in [0.717, 1.165) is 0 Å². The van der Waals surface area contributed by atoms with Crippen LogP contribution in [0.4, 0.5) is 5.69 Å². The van der Waals surface area contributed by atoms with Crippen LogP contribution in [-0.4, -0.2) is 25.0 Å². The fraction of sp³-hybridized carbons (Fsp3) is 0.273. The summed E-state index contributed by atoms with van der Waals surface area (Å²) in [4.78, 5) is 10.4. The molecule has 94 valence electrons. The lowest BCUT2D eigenvalue weighted by molar-refractivity contribution is -0.385. The molecule has 1 unspecified atom stereocenters. The van der Waals surface area contributed by atoms with Crippen LogP contribution in [0.15, 0.2) is 24.4 Å². The highest BCUT2D eigenvalue weighted by Gasteiger charge is 2.16. The molecule has 0 aliphatic rings. The SMILES string of the molecule is Cc1c(-n2cc(C(C)O)nn2)cccc1[N+](=O)[O-]. The fourth-order valence-corrected chi connectivity index (χ4v) is 1.64. The molecular weight excluding hydrogens is 236 g/mol. The van der Waals surface area contributed by atoms with Crippen LogP contribution in [0.1, 0.15) is 24.3 Å². The first kappa shape index (κ1) is 12.2. The maximum absolute atomic E-state index is 10.8. The second kappa shape index (κ2) is 4.53. The third-order valence-corrected chi connectivity index (χ3v) is 2.66. The van der Waals surface area contributed by atoms with E-state index >= 15 is 0 Å². The number of aromatic nitrogens is 3. The first-order valence-electron chi connectivity index (χ1n) is 5.35. The third-order valence-electron chi connectivity index (χ3n) is 2.66. The zero-order valence-electron chi connectivity index (χ0n) is 9.94. The number of hydrogen-bond acceptors (Lipinski definition) is 5. The predicted octanol–water partition coefficient (Wildman–Crippen LogP) is 1.54. The first-order chi connectivity index (χ1) is 8.50. The summed E-state index contributed by atoms with van der Waals surface area (Å²) in [5.74, 6) is 0. The molecule has 7 heteroatoms. The third kappa shape index (κ3) is 2.07. The van der Waals surface area contributed by atoms with Gasteiger partial charge >= 0.3 is 0 Å². The molecule has 0 amide bonds. The topological polar surface area (TPSA) is 94.1 Å². The summed E-state index contributed by atoms with van der Waals surface area (Å²) in [6, 6.07) is 4.73. The molecule has 0 saturated heterocycles. The largest absolute Gasteiger partial charge is 0.387 e. The molecule has 0 saturated carbocycles. The van der Waals surface area contributed by atoms with E-state index in [9.17, 15) is 15.2 Å². The summed E-state index contributed by atoms with van der Waals surface area (Å²) in [5.41, 5.74) is 1.52. The molecule has 1 aromatic carbocycles. The minimum atomic E-state index is -0.724. The van der Waals surface area contributed by atoms with E-state index in [1.54, 1.807) is 32.2 Å². The maximum atomic E-state index is 10.8. The highest BCUT2D eigenvalue weighted by atomic mass is 16.6. The second-order valence-corrected chi connectivity index (χ2v) is 3.94. The van der Waals surface area contributed by atoms with Crippen molar-refractivity contribution >= 4 is 5.69 Å². The van der Waals surface area contributed by atoms with Gasteiger partial charge in [0.15, 0.2) is 0 Å². The molecule has 1 aromatic heterocycles. The lowest BCUT2D eigenvalue weighted by atomic mass is 10.1. The standard InChI is InChI=1S/C11H12N4O3/c1-7-10(4-3-5-11(7)15(17)18)14-6-9(8(2)16)12-13-14/h3-6,8,16H,1-2H3. The molecule has 0 radical (unpaired) electrons. The van der Waals surface area contributed by atoms with Gasteiger partial charge in [-0.2, -0.15) is 0 Å². The molecular formula is C11H12N4O3. The van der Waals surface area contributed by atoms with E-state index < -0.39 is 11.0 Å². The van der Waals surface area contributed by atoms with Gasteiger partial charge in [-0.3, -0.25) is 10.1 Å². The summed E-state index contributed by atoms with van der Waals surface area (Å²) in [6.45, 7) is 3.23. The van der Waals surface area contributed by atoms with Crippen LogP contribution >= 0.6 is 0 Å². The van der Waals surface area contributed by atoms with E-state index in [2.05, 4.69) is 10.3 Å². The Balaban J connectivity index is 2.50. The summed E-state index contributed by atoms with van der Waals surface area (Å²) in [7, 11) is 0. The number of benzene rings is 1. The molecule has 1 N–H and O–H groups in total. The Kier molecular flexibility index (Phi) is 3.07. The van der Waals surface area contributed by atoms with Crippen molar-refractivity contribution in [3.63, 3.8) is 0 Å². The van der Waals surface area contributed by atoms with Crippen LogP contribution in [0.3, 0.4) is 0 Å².